The fourth-order valence-electron chi connectivity index (χ4n) is 4.74. The summed E-state index contributed by atoms with van der Waals surface area (Å²) in [6, 6.07) is 10.2. The van der Waals surface area contributed by atoms with Gasteiger partial charge in [0.15, 0.2) is 10.9 Å². The Hall–Kier alpha value is -3.47. The van der Waals surface area contributed by atoms with E-state index < -0.39 is 10.7 Å². The second-order valence-electron chi connectivity index (χ2n) is 8.77. The van der Waals surface area contributed by atoms with Gasteiger partial charge in [-0.15, -0.1) is 0 Å². The molecular weight excluding hydrogens is 517 g/mol. The number of halogens is 2. The number of nitrogens with zero attached hydrogens (tertiary/aromatic N) is 3. The Labute approximate surface area is 221 Å². The standard InChI is InChI=1S/C26H21ClFN5O3S/c27-15-3-5-19(31-12-15)24(34)32-16-4-6-21-17(10-16)26(7-8-30-25(29)37-26)18-11-20(14-2-1-9-35-13-14)33-23(28)22(18)36-21/h2-6,10-12H,1,7-9,13H2,(H2,29,30)(H,32,34)/t26-/m0/s1. The molecule has 2 aromatic heterocycles. The van der Waals surface area contributed by atoms with Crippen molar-refractivity contribution in [2.75, 3.05) is 25.1 Å². The second-order valence-corrected chi connectivity index (χ2v) is 10.5. The smallest absolute Gasteiger partial charge is 0.274 e. The van der Waals surface area contributed by atoms with E-state index in [0.717, 1.165) is 17.6 Å². The molecule has 3 aromatic rings. The quantitative estimate of drug-likeness (QED) is 0.446. The largest absolute Gasteiger partial charge is 0.452 e. The van der Waals surface area contributed by atoms with Gasteiger partial charge in [0.25, 0.3) is 11.9 Å². The van der Waals surface area contributed by atoms with E-state index in [2.05, 4.69) is 20.3 Å². The number of carbonyl (C=O) groups is 1. The third-order valence-electron chi connectivity index (χ3n) is 6.46. The normalized spacial score (nSPS) is 20.3. The summed E-state index contributed by atoms with van der Waals surface area (Å²) in [5, 5.41) is 3.71. The van der Waals surface area contributed by atoms with Gasteiger partial charge in [-0.1, -0.05) is 29.4 Å². The van der Waals surface area contributed by atoms with Crippen molar-refractivity contribution in [3.8, 4) is 11.5 Å². The summed E-state index contributed by atoms with van der Waals surface area (Å²) in [4.78, 5) is 25.4. The molecule has 5 heterocycles. The minimum atomic E-state index is -0.789. The molecule has 0 unspecified atom stereocenters. The van der Waals surface area contributed by atoms with Gasteiger partial charge in [0.05, 0.1) is 28.7 Å². The predicted molar refractivity (Wildman–Crippen MR) is 141 cm³/mol. The van der Waals surface area contributed by atoms with Crippen molar-refractivity contribution in [2.45, 2.75) is 17.6 Å². The molecular formula is C26H21ClFN5O3S. The van der Waals surface area contributed by atoms with Crippen molar-refractivity contribution in [2.24, 2.45) is 10.7 Å². The second kappa shape index (κ2) is 9.44. The number of ether oxygens (including phenoxy) is 2. The monoisotopic (exact) mass is 537 g/mol. The first-order valence-electron chi connectivity index (χ1n) is 11.7. The summed E-state index contributed by atoms with van der Waals surface area (Å²) in [6.45, 7) is 1.44. The first-order valence-corrected chi connectivity index (χ1v) is 12.8. The zero-order valence-corrected chi connectivity index (χ0v) is 21.0. The minimum Gasteiger partial charge on any atom is -0.452 e. The van der Waals surface area contributed by atoms with Crippen LogP contribution in [-0.2, 0) is 9.48 Å². The van der Waals surface area contributed by atoms with Crippen LogP contribution in [-0.4, -0.2) is 40.8 Å². The Morgan fingerprint density at radius 3 is 2.86 bits per heavy atom. The number of fused-ring (bicyclic) bond motifs is 4. The van der Waals surface area contributed by atoms with Gasteiger partial charge in [-0.05, 0) is 54.8 Å². The molecule has 1 atom stereocenters. The van der Waals surface area contributed by atoms with E-state index in [1.54, 1.807) is 24.3 Å². The fraction of sp³-hybridized carbons (Fsp3) is 0.231. The molecule has 0 bridgehead atoms. The Kier molecular flexibility index (Phi) is 6.10. The van der Waals surface area contributed by atoms with E-state index >= 15 is 4.39 Å². The number of amidine groups is 1. The number of nitrogens with two attached hydrogens (primary N) is 1. The van der Waals surface area contributed by atoms with Crippen LogP contribution >= 0.6 is 23.4 Å². The molecule has 1 aromatic carbocycles. The molecule has 11 heteroatoms. The lowest BCUT2D eigenvalue weighted by Gasteiger charge is -2.41. The Balaban J connectivity index is 1.44. The molecule has 6 rings (SSSR count). The molecule has 3 N–H and O–H groups in total. The van der Waals surface area contributed by atoms with Gasteiger partial charge in [-0.2, -0.15) is 4.39 Å². The topological polar surface area (TPSA) is 112 Å². The summed E-state index contributed by atoms with van der Waals surface area (Å²) in [7, 11) is 0. The van der Waals surface area contributed by atoms with Gasteiger partial charge < -0.3 is 20.5 Å². The van der Waals surface area contributed by atoms with Crippen LogP contribution in [0, 0.1) is 5.95 Å². The first kappa shape index (κ1) is 23.9. The average molecular weight is 538 g/mol. The molecule has 37 heavy (non-hydrogen) atoms. The van der Waals surface area contributed by atoms with Crippen LogP contribution in [0.15, 0.2) is 53.7 Å². The van der Waals surface area contributed by atoms with Gasteiger partial charge >= 0.3 is 0 Å². The minimum absolute atomic E-state index is 0.0675. The molecule has 1 amide bonds. The van der Waals surface area contributed by atoms with Crippen LogP contribution in [0.4, 0.5) is 10.1 Å². The molecule has 0 radical (unpaired) electrons. The maximum Gasteiger partial charge on any atom is 0.274 e. The molecule has 0 saturated heterocycles. The third-order valence-corrected chi connectivity index (χ3v) is 8.02. The fourth-order valence-corrected chi connectivity index (χ4v) is 6.09. The number of aliphatic imine (C=N–C) groups is 1. The lowest BCUT2D eigenvalue weighted by molar-refractivity contribution is 0.102. The predicted octanol–water partition coefficient (Wildman–Crippen LogP) is 5.13. The van der Waals surface area contributed by atoms with E-state index in [1.165, 1.54) is 18.0 Å². The number of hydrogen-bond acceptors (Lipinski definition) is 8. The van der Waals surface area contributed by atoms with Gasteiger partial charge in [0.1, 0.15) is 11.4 Å². The van der Waals surface area contributed by atoms with E-state index in [4.69, 9.17) is 26.8 Å². The average Bonchev–Trinajstić information content (AvgIpc) is 2.90. The maximum atomic E-state index is 15.4. The molecule has 0 saturated carbocycles. The molecule has 0 aliphatic carbocycles. The SMILES string of the molecule is NC1=NCC[C@]2(S1)c1cc(NC(=O)c3ccc(Cl)cn3)ccc1Oc1c2cc(C2=CCCOC2)nc1F. The molecule has 3 aliphatic rings. The van der Waals surface area contributed by atoms with Crippen molar-refractivity contribution >= 4 is 45.7 Å². The number of thioether (sulfide) groups is 1. The van der Waals surface area contributed by atoms with Crippen LogP contribution in [0.25, 0.3) is 5.57 Å². The van der Waals surface area contributed by atoms with Crippen LogP contribution < -0.4 is 15.8 Å². The number of pyridine rings is 2. The van der Waals surface area contributed by atoms with Crippen LogP contribution in [0.2, 0.25) is 5.02 Å². The van der Waals surface area contributed by atoms with E-state index in [0.29, 0.717) is 59.1 Å². The third kappa shape index (κ3) is 4.35. The van der Waals surface area contributed by atoms with Crippen molar-refractivity contribution in [3.05, 3.63) is 82.2 Å². The molecule has 0 fully saturated rings. The van der Waals surface area contributed by atoms with Gasteiger partial charge in [-0.25, -0.2) is 9.97 Å². The molecule has 188 valence electrons. The zero-order valence-electron chi connectivity index (χ0n) is 19.5. The van der Waals surface area contributed by atoms with E-state index in [9.17, 15) is 4.79 Å². The number of hydrogen-bond donors (Lipinski definition) is 2. The number of rotatable bonds is 3. The summed E-state index contributed by atoms with van der Waals surface area (Å²) in [5.41, 5.74) is 9.69. The van der Waals surface area contributed by atoms with Crippen molar-refractivity contribution < 1.29 is 18.7 Å². The number of amides is 1. The summed E-state index contributed by atoms with van der Waals surface area (Å²) < 4.78 is 26.3. The highest BCUT2D eigenvalue weighted by Gasteiger charge is 2.47. The highest BCUT2D eigenvalue weighted by atomic mass is 35.5. The highest BCUT2D eigenvalue weighted by molar-refractivity contribution is 8.14. The number of anilines is 1. The van der Waals surface area contributed by atoms with Crippen LogP contribution in [0.3, 0.4) is 0 Å². The maximum absolute atomic E-state index is 15.4. The Morgan fingerprint density at radius 1 is 1.22 bits per heavy atom. The highest BCUT2D eigenvalue weighted by Crippen LogP contribution is 2.58. The Morgan fingerprint density at radius 2 is 2.11 bits per heavy atom. The summed E-state index contributed by atoms with van der Waals surface area (Å²) >= 11 is 7.24. The first-order chi connectivity index (χ1) is 17.9. The van der Waals surface area contributed by atoms with Gasteiger partial charge in [-0.3, -0.25) is 9.79 Å². The van der Waals surface area contributed by atoms with Crippen LogP contribution in [0.1, 0.15) is 40.2 Å². The van der Waals surface area contributed by atoms with Gasteiger partial charge in [0.2, 0.25) is 0 Å². The van der Waals surface area contributed by atoms with Crippen LogP contribution in [0.5, 0.6) is 11.5 Å². The van der Waals surface area contributed by atoms with Crippen molar-refractivity contribution in [3.63, 3.8) is 0 Å². The van der Waals surface area contributed by atoms with Crippen molar-refractivity contribution in [1.29, 1.82) is 0 Å². The van der Waals surface area contributed by atoms with Gasteiger partial charge in [0, 0.05) is 29.6 Å². The molecule has 1 spiro atoms. The lowest BCUT2D eigenvalue weighted by Crippen LogP contribution is -2.35. The summed E-state index contributed by atoms with van der Waals surface area (Å²) in [5.74, 6) is -0.553. The Bertz CT molecular complexity index is 1480. The van der Waals surface area contributed by atoms with Crippen molar-refractivity contribution in [1.82, 2.24) is 9.97 Å². The summed E-state index contributed by atoms with van der Waals surface area (Å²) in [6.07, 6.45) is 4.72. The van der Waals surface area contributed by atoms with E-state index in [-0.39, 0.29) is 17.4 Å². The number of aromatic nitrogens is 2. The zero-order chi connectivity index (χ0) is 25.6. The molecule has 8 nitrogen and oxygen atoms in total. The number of carbonyl (C=O) groups excluding carboxylic acids is 1. The number of nitrogens with one attached hydrogen (secondary N) is 1. The lowest BCUT2D eigenvalue weighted by atomic mass is 9.83. The molecule has 3 aliphatic heterocycles. The number of benzene rings is 1. The van der Waals surface area contributed by atoms with E-state index in [1.807, 2.05) is 18.2 Å².